The average molecular weight is 475 g/mol. The van der Waals surface area contributed by atoms with Crippen molar-refractivity contribution in [3.63, 3.8) is 0 Å². The predicted molar refractivity (Wildman–Crippen MR) is 136 cm³/mol. The first-order valence-electron chi connectivity index (χ1n) is 11.9. The number of aromatic nitrogens is 4. The predicted octanol–water partition coefficient (Wildman–Crippen LogP) is 4.66. The van der Waals surface area contributed by atoms with Crippen LogP contribution in [0.15, 0.2) is 48.0 Å². The lowest BCUT2D eigenvalue weighted by molar-refractivity contribution is 0.0629. The second kappa shape index (κ2) is 9.64. The highest BCUT2D eigenvalue weighted by Crippen LogP contribution is 2.27. The zero-order chi connectivity index (χ0) is 23.7. The zero-order valence-corrected chi connectivity index (χ0v) is 20.8. The third kappa shape index (κ3) is 4.48. The first-order chi connectivity index (χ1) is 16.5. The summed E-state index contributed by atoms with van der Waals surface area (Å²) in [5.41, 5.74) is 4.36. The maximum Gasteiger partial charge on any atom is 0.254 e. The summed E-state index contributed by atoms with van der Waals surface area (Å²) < 4.78 is 1.90. The van der Waals surface area contributed by atoms with Crippen molar-refractivity contribution < 1.29 is 4.79 Å². The molecule has 1 aliphatic rings. The van der Waals surface area contributed by atoms with E-state index in [1.165, 1.54) is 5.01 Å². The van der Waals surface area contributed by atoms with Gasteiger partial charge in [-0.25, -0.2) is 14.6 Å². The van der Waals surface area contributed by atoms with Gasteiger partial charge in [0, 0.05) is 49.7 Å². The van der Waals surface area contributed by atoms with Crippen LogP contribution in [0.5, 0.6) is 0 Å². The minimum Gasteiger partial charge on any atom is -0.336 e. The molecule has 1 amide bonds. The van der Waals surface area contributed by atoms with Crippen molar-refractivity contribution in [2.24, 2.45) is 0 Å². The van der Waals surface area contributed by atoms with Gasteiger partial charge in [0.1, 0.15) is 0 Å². The maximum absolute atomic E-state index is 13.7. The molecule has 0 spiro atoms. The number of carbonyl (C=O) groups is 1. The van der Waals surface area contributed by atoms with Crippen molar-refractivity contribution in [2.45, 2.75) is 39.8 Å². The van der Waals surface area contributed by atoms with Gasteiger partial charge in [0.15, 0.2) is 5.65 Å². The number of fused-ring (bicyclic) bond motifs is 1. The van der Waals surface area contributed by atoms with E-state index in [0.717, 1.165) is 54.0 Å². The molecular weight excluding hydrogens is 444 g/mol. The Morgan fingerprint density at radius 2 is 1.85 bits per heavy atom. The number of amides is 1. The molecule has 0 atom stereocenters. The Hall–Kier alpha value is -3.10. The molecule has 176 valence electrons. The Balaban J connectivity index is 1.39. The van der Waals surface area contributed by atoms with Crippen LogP contribution in [-0.4, -0.2) is 61.6 Å². The molecule has 5 rings (SSSR count). The molecule has 1 fully saturated rings. The van der Waals surface area contributed by atoms with E-state index in [4.69, 9.17) is 9.97 Å². The lowest BCUT2D eigenvalue weighted by atomic mass is 10.1. The van der Waals surface area contributed by atoms with Crippen molar-refractivity contribution in [1.29, 1.82) is 0 Å². The molecular formula is C26H30N6OS. The fourth-order valence-electron chi connectivity index (χ4n) is 4.42. The Morgan fingerprint density at radius 1 is 1.09 bits per heavy atom. The summed E-state index contributed by atoms with van der Waals surface area (Å²) in [6.07, 6.45) is 2.76. The molecule has 3 aromatic heterocycles. The second-order valence-corrected chi connectivity index (χ2v) is 9.94. The lowest BCUT2D eigenvalue weighted by Crippen LogP contribution is -2.48. The zero-order valence-electron chi connectivity index (χ0n) is 19.9. The monoisotopic (exact) mass is 474 g/mol. The van der Waals surface area contributed by atoms with Crippen LogP contribution in [0.3, 0.4) is 0 Å². The van der Waals surface area contributed by atoms with E-state index >= 15 is 0 Å². The third-order valence-corrected chi connectivity index (χ3v) is 7.34. The van der Waals surface area contributed by atoms with Gasteiger partial charge in [0.2, 0.25) is 0 Å². The smallest absolute Gasteiger partial charge is 0.254 e. The van der Waals surface area contributed by atoms with Crippen LogP contribution in [0, 0.1) is 0 Å². The van der Waals surface area contributed by atoms with E-state index in [9.17, 15) is 4.79 Å². The number of rotatable bonds is 6. The number of piperazine rings is 1. The fraction of sp³-hybridized carbons (Fsp3) is 0.385. The molecule has 1 saturated heterocycles. The maximum atomic E-state index is 13.7. The highest BCUT2D eigenvalue weighted by Gasteiger charge is 2.26. The molecule has 34 heavy (non-hydrogen) atoms. The number of hydrogen-bond donors (Lipinski definition) is 0. The molecule has 0 unspecified atom stereocenters. The molecule has 4 aromatic rings. The van der Waals surface area contributed by atoms with E-state index in [2.05, 4.69) is 36.1 Å². The molecule has 8 heteroatoms. The molecule has 1 aliphatic heterocycles. The first kappa shape index (κ1) is 22.7. The van der Waals surface area contributed by atoms with Crippen molar-refractivity contribution in [3.05, 3.63) is 64.2 Å². The van der Waals surface area contributed by atoms with Crippen LogP contribution in [0.25, 0.3) is 22.3 Å². The van der Waals surface area contributed by atoms with Crippen LogP contribution in [0.2, 0.25) is 0 Å². The summed E-state index contributed by atoms with van der Waals surface area (Å²) in [6, 6.07) is 12.1. The number of thiazole rings is 1. The largest absolute Gasteiger partial charge is 0.336 e. The van der Waals surface area contributed by atoms with Gasteiger partial charge in [-0.05, 0) is 26.3 Å². The molecule has 0 aliphatic carbocycles. The van der Waals surface area contributed by atoms with E-state index in [-0.39, 0.29) is 11.9 Å². The van der Waals surface area contributed by atoms with Gasteiger partial charge in [-0.3, -0.25) is 9.69 Å². The number of aryl methyl sites for hydroxylation is 1. The number of nitrogens with zero attached hydrogens (tertiary/aromatic N) is 6. The first-order valence-corrected chi connectivity index (χ1v) is 12.8. The third-order valence-electron chi connectivity index (χ3n) is 6.30. The number of benzene rings is 1. The number of pyridine rings is 1. The van der Waals surface area contributed by atoms with Crippen molar-refractivity contribution in [2.75, 3.05) is 26.2 Å². The molecule has 1 aromatic carbocycles. The molecule has 0 N–H and O–H groups in total. The molecule has 7 nitrogen and oxygen atoms in total. The Kier molecular flexibility index (Phi) is 6.43. The summed E-state index contributed by atoms with van der Waals surface area (Å²) in [4.78, 5) is 27.7. The van der Waals surface area contributed by atoms with E-state index in [1.807, 2.05) is 46.0 Å². The van der Waals surface area contributed by atoms with Gasteiger partial charge >= 0.3 is 0 Å². The van der Waals surface area contributed by atoms with Gasteiger partial charge in [-0.1, -0.05) is 37.3 Å². The summed E-state index contributed by atoms with van der Waals surface area (Å²) in [6.45, 7) is 10.2. The van der Waals surface area contributed by atoms with Crippen molar-refractivity contribution in [3.8, 4) is 11.3 Å². The minimum absolute atomic E-state index is 0.0504. The summed E-state index contributed by atoms with van der Waals surface area (Å²) in [5.74, 6) is 0.0504. The normalized spacial score (nSPS) is 14.9. The number of hydrogen-bond acceptors (Lipinski definition) is 6. The Bertz CT molecular complexity index is 1290. The van der Waals surface area contributed by atoms with Crippen LogP contribution in [-0.2, 0) is 13.0 Å². The van der Waals surface area contributed by atoms with Gasteiger partial charge < -0.3 is 4.90 Å². The Morgan fingerprint density at radius 3 is 2.53 bits per heavy atom. The molecule has 0 saturated carbocycles. The van der Waals surface area contributed by atoms with Gasteiger partial charge in [-0.15, -0.1) is 11.3 Å². The van der Waals surface area contributed by atoms with Crippen LogP contribution >= 0.6 is 11.3 Å². The van der Waals surface area contributed by atoms with Gasteiger partial charge in [0.05, 0.1) is 33.5 Å². The Labute approximate surface area is 204 Å². The standard InChI is InChI=1S/C26H30N6OS/c1-4-24-28-20(17-34-24)16-30-10-12-31(13-11-30)26(33)21-14-23(19-8-6-5-7-9-19)29-25-22(21)15-27-32(25)18(2)3/h5-9,14-15,17-18H,4,10-13,16H2,1-3H3. The van der Waals surface area contributed by atoms with E-state index < -0.39 is 0 Å². The highest BCUT2D eigenvalue weighted by molar-refractivity contribution is 7.09. The molecule has 4 heterocycles. The number of carbonyl (C=O) groups excluding carboxylic acids is 1. The SMILES string of the molecule is CCc1nc(CN2CCN(C(=O)c3cc(-c4ccccc4)nc4c3cnn4C(C)C)CC2)cs1. The lowest BCUT2D eigenvalue weighted by Gasteiger charge is -2.34. The van der Waals surface area contributed by atoms with Crippen molar-refractivity contribution >= 4 is 28.3 Å². The summed E-state index contributed by atoms with van der Waals surface area (Å²) in [5, 5.41) is 8.71. The van der Waals surface area contributed by atoms with Gasteiger partial charge in [0.25, 0.3) is 5.91 Å². The highest BCUT2D eigenvalue weighted by atomic mass is 32.1. The van der Waals surface area contributed by atoms with Gasteiger partial charge in [-0.2, -0.15) is 5.10 Å². The minimum atomic E-state index is 0.0504. The second-order valence-electron chi connectivity index (χ2n) is 9.00. The molecule has 0 bridgehead atoms. The van der Waals surface area contributed by atoms with Crippen LogP contribution in [0.1, 0.15) is 47.9 Å². The fourth-order valence-corrected chi connectivity index (χ4v) is 5.16. The summed E-state index contributed by atoms with van der Waals surface area (Å²) in [7, 11) is 0. The van der Waals surface area contributed by atoms with Crippen LogP contribution < -0.4 is 0 Å². The van der Waals surface area contributed by atoms with Crippen molar-refractivity contribution in [1.82, 2.24) is 29.5 Å². The quantitative estimate of drug-likeness (QED) is 0.407. The topological polar surface area (TPSA) is 67.2 Å². The summed E-state index contributed by atoms with van der Waals surface area (Å²) >= 11 is 1.73. The van der Waals surface area contributed by atoms with Crippen LogP contribution in [0.4, 0.5) is 0 Å². The molecule has 0 radical (unpaired) electrons. The average Bonchev–Trinajstić information content (AvgIpc) is 3.51. The van der Waals surface area contributed by atoms with E-state index in [1.54, 1.807) is 17.5 Å². The van der Waals surface area contributed by atoms with E-state index in [0.29, 0.717) is 18.7 Å².